The molecule has 4 heterocycles. The summed E-state index contributed by atoms with van der Waals surface area (Å²) >= 11 is 0. The monoisotopic (exact) mass is 429 g/mol. The summed E-state index contributed by atoms with van der Waals surface area (Å²) in [6.07, 6.45) is 5.89. The van der Waals surface area contributed by atoms with Gasteiger partial charge in [0, 0.05) is 45.7 Å². The second kappa shape index (κ2) is 9.21. The number of aryl methyl sites for hydroxylation is 1. The number of fused-ring (bicyclic) bond motifs is 1. The number of likely N-dealkylation sites (tertiary alicyclic amines) is 1. The molecular weight excluding hydrogens is 398 g/mol. The number of amides is 1. The van der Waals surface area contributed by atoms with Crippen LogP contribution in [0.4, 0.5) is 0 Å². The zero-order valence-electron chi connectivity index (χ0n) is 18.6. The summed E-state index contributed by atoms with van der Waals surface area (Å²) in [5.74, 6) is 2.80. The number of nitrogens with zero attached hydrogens (tertiary/aromatic N) is 5. The lowest BCUT2D eigenvalue weighted by atomic mass is 9.72. The van der Waals surface area contributed by atoms with Gasteiger partial charge in [-0.2, -0.15) is 4.98 Å². The van der Waals surface area contributed by atoms with Gasteiger partial charge < -0.3 is 23.7 Å². The highest BCUT2D eigenvalue weighted by molar-refractivity contribution is 5.96. The maximum absolute atomic E-state index is 13.1. The molecule has 2 aliphatic heterocycles. The van der Waals surface area contributed by atoms with Gasteiger partial charge in [-0.05, 0) is 37.2 Å². The molecule has 0 aromatic carbocycles. The van der Waals surface area contributed by atoms with Gasteiger partial charge in [0.15, 0.2) is 0 Å². The Hall–Kier alpha value is -2.68. The standard InChI is InChI=1S/C22H31N5O4/c1-29-15-7-18-25-24-17-6-8-22(11-14-27(17)18)9-12-26(13-10-22)21(28)16-4-5-19(30-2)23-20(16)31-3/h4-5H,6-15H2,1-3H3. The second-order valence-electron chi connectivity index (χ2n) is 8.38. The Morgan fingerprint density at radius 2 is 1.81 bits per heavy atom. The molecule has 0 unspecified atom stereocenters. The average Bonchev–Trinajstić information content (AvgIpc) is 3.12. The molecule has 2 aliphatic rings. The summed E-state index contributed by atoms with van der Waals surface area (Å²) in [5.41, 5.74) is 0.729. The minimum atomic E-state index is -0.0329. The van der Waals surface area contributed by atoms with E-state index in [0.717, 1.165) is 69.8 Å². The van der Waals surface area contributed by atoms with E-state index in [9.17, 15) is 4.79 Å². The second-order valence-corrected chi connectivity index (χ2v) is 8.38. The zero-order valence-corrected chi connectivity index (χ0v) is 18.6. The first-order chi connectivity index (χ1) is 15.1. The largest absolute Gasteiger partial charge is 0.481 e. The van der Waals surface area contributed by atoms with Crippen molar-refractivity contribution in [1.82, 2.24) is 24.6 Å². The maximum Gasteiger partial charge on any atom is 0.259 e. The number of carbonyl (C=O) groups excluding carboxylic acids is 1. The Labute approximate surface area is 182 Å². The first-order valence-electron chi connectivity index (χ1n) is 10.9. The number of carbonyl (C=O) groups is 1. The minimum Gasteiger partial charge on any atom is -0.481 e. The zero-order chi connectivity index (χ0) is 21.8. The number of rotatable bonds is 6. The van der Waals surface area contributed by atoms with Crippen LogP contribution in [0.1, 0.15) is 47.7 Å². The van der Waals surface area contributed by atoms with Crippen LogP contribution in [-0.2, 0) is 24.1 Å². The number of piperidine rings is 1. The summed E-state index contributed by atoms with van der Waals surface area (Å²) in [4.78, 5) is 19.3. The molecule has 0 saturated carbocycles. The lowest BCUT2D eigenvalue weighted by molar-refractivity contribution is 0.0531. The number of hydrogen-bond acceptors (Lipinski definition) is 7. The Balaban J connectivity index is 1.40. The molecule has 0 atom stereocenters. The number of methoxy groups -OCH3 is 3. The molecule has 2 aromatic rings. The summed E-state index contributed by atoms with van der Waals surface area (Å²) in [6.45, 7) is 3.08. The van der Waals surface area contributed by atoms with E-state index in [0.29, 0.717) is 23.9 Å². The van der Waals surface area contributed by atoms with Crippen molar-refractivity contribution in [3.63, 3.8) is 0 Å². The fourth-order valence-electron chi connectivity index (χ4n) is 4.75. The normalized spacial score (nSPS) is 17.8. The molecule has 0 aliphatic carbocycles. The van der Waals surface area contributed by atoms with Gasteiger partial charge in [0.2, 0.25) is 11.8 Å². The average molecular weight is 430 g/mol. The van der Waals surface area contributed by atoms with Crippen LogP contribution in [0.2, 0.25) is 0 Å². The topological polar surface area (TPSA) is 91.6 Å². The van der Waals surface area contributed by atoms with Gasteiger partial charge in [-0.25, -0.2) is 0 Å². The highest BCUT2D eigenvalue weighted by atomic mass is 16.5. The number of pyridine rings is 1. The lowest BCUT2D eigenvalue weighted by Crippen LogP contribution is -2.43. The van der Waals surface area contributed by atoms with Gasteiger partial charge in [0.25, 0.3) is 5.91 Å². The van der Waals surface area contributed by atoms with Crippen LogP contribution in [0.15, 0.2) is 12.1 Å². The van der Waals surface area contributed by atoms with Gasteiger partial charge in [0.1, 0.15) is 17.2 Å². The highest BCUT2D eigenvalue weighted by Gasteiger charge is 2.38. The Morgan fingerprint density at radius 3 is 2.52 bits per heavy atom. The number of aromatic nitrogens is 4. The third-order valence-corrected chi connectivity index (χ3v) is 6.76. The van der Waals surface area contributed by atoms with E-state index in [4.69, 9.17) is 14.2 Å². The fourth-order valence-corrected chi connectivity index (χ4v) is 4.75. The molecule has 2 aromatic heterocycles. The van der Waals surface area contributed by atoms with Gasteiger partial charge >= 0.3 is 0 Å². The fraction of sp³-hybridized carbons (Fsp3) is 0.636. The van der Waals surface area contributed by atoms with Gasteiger partial charge in [-0.3, -0.25) is 4.79 Å². The van der Waals surface area contributed by atoms with Crippen molar-refractivity contribution in [2.45, 2.75) is 45.1 Å². The van der Waals surface area contributed by atoms with Crippen LogP contribution in [0.5, 0.6) is 11.8 Å². The third-order valence-electron chi connectivity index (χ3n) is 6.76. The van der Waals surface area contributed by atoms with E-state index >= 15 is 0 Å². The molecule has 31 heavy (non-hydrogen) atoms. The molecule has 1 fully saturated rings. The minimum absolute atomic E-state index is 0.0329. The van der Waals surface area contributed by atoms with Gasteiger partial charge in [-0.1, -0.05) is 0 Å². The Kier molecular flexibility index (Phi) is 6.41. The van der Waals surface area contributed by atoms with Crippen LogP contribution < -0.4 is 9.47 Å². The van der Waals surface area contributed by atoms with E-state index in [-0.39, 0.29) is 11.3 Å². The lowest BCUT2D eigenvalue weighted by Gasteiger charge is -2.41. The molecule has 4 rings (SSSR count). The molecule has 0 N–H and O–H groups in total. The summed E-state index contributed by atoms with van der Waals surface area (Å²) < 4.78 is 18.0. The molecule has 0 bridgehead atoms. The molecule has 9 nitrogen and oxygen atoms in total. The van der Waals surface area contributed by atoms with Crippen LogP contribution in [-0.4, -0.2) is 71.6 Å². The smallest absolute Gasteiger partial charge is 0.259 e. The van der Waals surface area contributed by atoms with Gasteiger partial charge in [0.05, 0.1) is 20.8 Å². The van der Waals surface area contributed by atoms with Crippen molar-refractivity contribution in [2.75, 3.05) is 41.0 Å². The maximum atomic E-state index is 13.1. The van der Waals surface area contributed by atoms with Gasteiger partial charge in [-0.15, -0.1) is 10.2 Å². The molecule has 0 radical (unpaired) electrons. The van der Waals surface area contributed by atoms with E-state index in [1.54, 1.807) is 26.4 Å². The van der Waals surface area contributed by atoms with Crippen molar-refractivity contribution in [3.05, 3.63) is 29.3 Å². The van der Waals surface area contributed by atoms with E-state index in [1.165, 1.54) is 7.11 Å². The molecular formula is C22H31N5O4. The predicted octanol–water partition coefficient (Wildman–Crippen LogP) is 2.14. The Morgan fingerprint density at radius 1 is 1.03 bits per heavy atom. The third kappa shape index (κ3) is 4.37. The number of ether oxygens (including phenoxy) is 3. The van der Waals surface area contributed by atoms with Crippen LogP contribution in [0.25, 0.3) is 0 Å². The van der Waals surface area contributed by atoms with Crippen LogP contribution >= 0.6 is 0 Å². The Bertz CT molecular complexity index is 921. The van der Waals surface area contributed by atoms with Crippen molar-refractivity contribution in [3.8, 4) is 11.8 Å². The quantitative estimate of drug-likeness (QED) is 0.695. The molecule has 1 amide bonds. The van der Waals surface area contributed by atoms with Crippen LogP contribution in [0.3, 0.4) is 0 Å². The van der Waals surface area contributed by atoms with Crippen LogP contribution in [0, 0.1) is 5.41 Å². The highest BCUT2D eigenvalue weighted by Crippen LogP contribution is 2.42. The van der Waals surface area contributed by atoms with Crippen molar-refractivity contribution in [1.29, 1.82) is 0 Å². The number of hydrogen-bond donors (Lipinski definition) is 0. The predicted molar refractivity (Wildman–Crippen MR) is 113 cm³/mol. The first kappa shape index (κ1) is 21.5. The van der Waals surface area contributed by atoms with E-state index in [1.807, 2.05) is 4.90 Å². The van der Waals surface area contributed by atoms with Crippen molar-refractivity contribution >= 4 is 5.91 Å². The summed E-state index contributed by atoms with van der Waals surface area (Å²) in [5, 5.41) is 8.79. The van der Waals surface area contributed by atoms with Crippen molar-refractivity contribution < 1.29 is 19.0 Å². The summed E-state index contributed by atoms with van der Waals surface area (Å²) in [6, 6.07) is 3.43. The molecule has 9 heteroatoms. The molecule has 1 saturated heterocycles. The molecule has 1 spiro atoms. The summed E-state index contributed by atoms with van der Waals surface area (Å²) in [7, 11) is 4.78. The van der Waals surface area contributed by atoms with E-state index in [2.05, 4.69) is 19.7 Å². The molecule has 168 valence electrons. The SMILES string of the molecule is COCCc1nnc2n1CCC1(CC2)CCN(C(=O)c2ccc(OC)nc2OC)CC1. The van der Waals surface area contributed by atoms with Crippen molar-refractivity contribution in [2.24, 2.45) is 5.41 Å². The van der Waals surface area contributed by atoms with E-state index < -0.39 is 0 Å². The first-order valence-corrected chi connectivity index (χ1v) is 10.9.